The van der Waals surface area contributed by atoms with Gasteiger partial charge in [0.05, 0.1) is 10.6 Å². The molecule has 0 saturated carbocycles. The molecule has 1 aliphatic heterocycles. The van der Waals surface area contributed by atoms with Crippen LogP contribution in [0.1, 0.15) is 5.56 Å². The molecule has 34 heavy (non-hydrogen) atoms. The number of nitrogens with one attached hydrogen (secondary N) is 1. The van der Waals surface area contributed by atoms with E-state index < -0.39 is 10.0 Å². The summed E-state index contributed by atoms with van der Waals surface area (Å²) in [4.78, 5) is 16.7. The van der Waals surface area contributed by atoms with Crippen molar-refractivity contribution in [2.45, 2.75) is 11.8 Å². The van der Waals surface area contributed by atoms with Crippen LogP contribution in [-0.4, -0.2) is 52.0 Å². The monoisotopic (exact) mass is 499 g/mol. The number of hydrogen-bond acceptors (Lipinski definition) is 5. The summed E-state index contributed by atoms with van der Waals surface area (Å²) in [5.41, 5.74) is 2.41. The molecule has 9 heteroatoms. The number of sulfonamides is 1. The lowest BCUT2D eigenvalue weighted by atomic mass is 10.2. The summed E-state index contributed by atoms with van der Waals surface area (Å²) in [6, 6.07) is 20.9. The Balaban J connectivity index is 1.29. The van der Waals surface area contributed by atoms with Gasteiger partial charge in [0.1, 0.15) is 5.75 Å². The Kier molecular flexibility index (Phi) is 7.29. The lowest BCUT2D eigenvalue weighted by molar-refractivity contribution is -0.133. The van der Waals surface area contributed by atoms with Gasteiger partial charge in [0, 0.05) is 36.9 Å². The molecular formula is C25H26ClN3O4S. The van der Waals surface area contributed by atoms with E-state index in [0.29, 0.717) is 42.6 Å². The van der Waals surface area contributed by atoms with E-state index in [1.165, 1.54) is 12.1 Å². The highest BCUT2D eigenvalue weighted by Crippen LogP contribution is 2.22. The van der Waals surface area contributed by atoms with Crippen LogP contribution in [0.5, 0.6) is 5.75 Å². The van der Waals surface area contributed by atoms with Crippen molar-refractivity contribution in [3.05, 3.63) is 83.4 Å². The highest BCUT2D eigenvalue weighted by Gasteiger charge is 2.22. The van der Waals surface area contributed by atoms with E-state index in [0.717, 1.165) is 11.3 Å². The maximum atomic E-state index is 12.7. The molecule has 0 radical (unpaired) electrons. The van der Waals surface area contributed by atoms with E-state index >= 15 is 0 Å². The number of nitrogens with zero attached hydrogens (tertiary/aromatic N) is 2. The lowest BCUT2D eigenvalue weighted by Crippen LogP contribution is -2.50. The van der Waals surface area contributed by atoms with Crippen molar-refractivity contribution in [1.29, 1.82) is 0 Å². The zero-order valence-electron chi connectivity index (χ0n) is 18.8. The molecule has 4 rings (SSSR count). The minimum atomic E-state index is -3.73. The average Bonchev–Trinajstić information content (AvgIpc) is 2.84. The van der Waals surface area contributed by atoms with E-state index in [1.807, 2.05) is 43.3 Å². The Labute approximate surface area is 205 Å². The van der Waals surface area contributed by atoms with Crippen LogP contribution >= 0.6 is 11.6 Å². The summed E-state index contributed by atoms with van der Waals surface area (Å²) in [6.45, 7) is 4.35. The van der Waals surface area contributed by atoms with Crippen LogP contribution in [-0.2, 0) is 14.8 Å². The summed E-state index contributed by atoms with van der Waals surface area (Å²) < 4.78 is 33.5. The zero-order valence-corrected chi connectivity index (χ0v) is 20.3. The van der Waals surface area contributed by atoms with Gasteiger partial charge in [-0.1, -0.05) is 35.9 Å². The topological polar surface area (TPSA) is 78.9 Å². The second kappa shape index (κ2) is 10.4. The summed E-state index contributed by atoms with van der Waals surface area (Å²) in [5.74, 6) is 0.324. The number of rotatable bonds is 7. The number of ether oxygens (including phenoxy) is 1. The highest BCUT2D eigenvalue weighted by molar-refractivity contribution is 7.92. The van der Waals surface area contributed by atoms with Gasteiger partial charge < -0.3 is 14.5 Å². The Hall–Kier alpha value is -3.23. The molecule has 7 nitrogen and oxygen atoms in total. The SMILES string of the molecule is Cc1ccccc1NS(=O)(=O)c1ccc(OCC(=O)N2CCN(c3cccc(Cl)c3)CC2)cc1. The van der Waals surface area contributed by atoms with Crippen molar-refractivity contribution in [3.63, 3.8) is 0 Å². The van der Waals surface area contributed by atoms with E-state index in [1.54, 1.807) is 29.2 Å². The zero-order chi connectivity index (χ0) is 24.1. The number of halogens is 1. The molecule has 0 atom stereocenters. The first-order chi connectivity index (χ1) is 16.3. The van der Waals surface area contributed by atoms with Crippen LogP contribution in [0.25, 0.3) is 0 Å². The van der Waals surface area contributed by atoms with Gasteiger partial charge in [0.2, 0.25) is 0 Å². The first-order valence-electron chi connectivity index (χ1n) is 10.9. The van der Waals surface area contributed by atoms with Gasteiger partial charge >= 0.3 is 0 Å². The quantitative estimate of drug-likeness (QED) is 0.527. The molecule has 0 aliphatic carbocycles. The molecule has 1 heterocycles. The molecule has 1 N–H and O–H groups in total. The number of carbonyl (C=O) groups excluding carboxylic acids is 1. The van der Waals surface area contributed by atoms with Crippen LogP contribution < -0.4 is 14.4 Å². The van der Waals surface area contributed by atoms with Crippen LogP contribution in [0.3, 0.4) is 0 Å². The molecule has 1 aliphatic rings. The van der Waals surface area contributed by atoms with Crippen molar-refractivity contribution in [1.82, 2.24) is 4.90 Å². The number of amides is 1. The average molecular weight is 500 g/mol. The fourth-order valence-electron chi connectivity index (χ4n) is 3.73. The van der Waals surface area contributed by atoms with E-state index in [9.17, 15) is 13.2 Å². The summed E-state index contributed by atoms with van der Waals surface area (Å²) >= 11 is 6.08. The molecule has 3 aromatic rings. The van der Waals surface area contributed by atoms with Crippen LogP contribution in [0, 0.1) is 6.92 Å². The molecule has 0 spiro atoms. The van der Waals surface area contributed by atoms with Crippen molar-refractivity contribution in [3.8, 4) is 5.75 Å². The van der Waals surface area contributed by atoms with E-state index in [-0.39, 0.29) is 17.4 Å². The Morgan fingerprint density at radius 3 is 2.35 bits per heavy atom. The number of piperazine rings is 1. The smallest absolute Gasteiger partial charge is 0.261 e. The van der Waals surface area contributed by atoms with Crippen LogP contribution in [0.15, 0.2) is 77.7 Å². The van der Waals surface area contributed by atoms with E-state index in [4.69, 9.17) is 16.3 Å². The Morgan fingerprint density at radius 2 is 1.68 bits per heavy atom. The molecule has 1 saturated heterocycles. The van der Waals surface area contributed by atoms with Crippen molar-refractivity contribution in [2.24, 2.45) is 0 Å². The van der Waals surface area contributed by atoms with Gasteiger partial charge in [-0.25, -0.2) is 8.42 Å². The molecule has 1 amide bonds. The standard InChI is InChI=1S/C25H26ClN3O4S/c1-19-5-2-3-8-24(19)27-34(31,32)23-11-9-22(10-12-23)33-18-25(30)29-15-13-28(14-16-29)21-7-4-6-20(26)17-21/h2-12,17,27H,13-16,18H2,1H3. The number of aryl methyl sites for hydroxylation is 1. The highest BCUT2D eigenvalue weighted by atomic mass is 35.5. The summed E-state index contributed by atoms with van der Waals surface area (Å²) in [7, 11) is -3.73. The van der Waals surface area contributed by atoms with Gasteiger partial charge in [0.25, 0.3) is 15.9 Å². The fraction of sp³-hybridized carbons (Fsp3) is 0.240. The van der Waals surface area contributed by atoms with Gasteiger partial charge in [-0.05, 0) is 61.0 Å². The fourth-order valence-corrected chi connectivity index (χ4v) is 5.04. The first kappa shape index (κ1) is 23.9. The summed E-state index contributed by atoms with van der Waals surface area (Å²) in [5, 5.41) is 0.689. The second-order valence-corrected chi connectivity index (χ2v) is 10.1. The third-order valence-electron chi connectivity index (χ3n) is 5.69. The van der Waals surface area contributed by atoms with Crippen LogP contribution in [0.2, 0.25) is 5.02 Å². The van der Waals surface area contributed by atoms with Gasteiger partial charge in [-0.15, -0.1) is 0 Å². The van der Waals surface area contributed by atoms with E-state index in [2.05, 4.69) is 9.62 Å². The lowest BCUT2D eigenvalue weighted by Gasteiger charge is -2.36. The van der Waals surface area contributed by atoms with Crippen molar-refractivity contribution in [2.75, 3.05) is 42.4 Å². The summed E-state index contributed by atoms with van der Waals surface area (Å²) in [6.07, 6.45) is 0. The largest absolute Gasteiger partial charge is 0.484 e. The minimum absolute atomic E-state index is 0.106. The predicted molar refractivity (Wildman–Crippen MR) is 134 cm³/mol. The number of carbonyl (C=O) groups is 1. The van der Waals surface area contributed by atoms with Crippen LogP contribution in [0.4, 0.5) is 11.4 Å². The molecule has 0 bridgehead atoms. The first-order valence-corrected chi connectivity index (χ1v) is 12.8. The molecule has 0 unspecified atom stereocenters. The number of benzene rings is 3. The molecule has 0 aromatic heterocycles. The Bertz CT molecular complexity index is 1260. The van der Waals surface area contributed by atoms with Crippen molar-refractivity contribution >= 4 is 38.9 Å². The normalized spacial score (nSPS) is 14.1. The van der Waals surface area contributed by atoms with Crippen molar-refractivity contribution < 1.29 is 17.9 Å². The number of hydrogen-bond donors (Lipinski definition) is 1. The maximum absolute atomic E-state index is 12.7. The maximum Gasteiger partial charge on any atom is 0.261 e. The molecule has 1 fully saturated rings. The molecular weight excluding hydrogens is 474 g/mol. The third-order valence-corrected chi connectivity index (χ3v) is 7.31. The molecule has 3 aromatic carbocycles. The third kappa shape index (κ3) is 5.81. The van der Waals surface area contributed by atoms with Gasteiger partial charge in [-0.3, -0.25) is 9.52 Å². The van der Waals surface area contributed by atoms with Gasteiger partial charge in [-0.2, -0.15) is 0 Å². The number of anilines is 2. The Morgan fingerprint density at radius 1 is 0.971 bits per heavy atom. The molecule has 178 valence electrons. The predicted octanol–water partition coefficient (Wildman–Crippen LogP) is 4.18. The number of para-hydroxylation sites is 1. The second-order valence-electron chi connectivity index (χ2n) is 8.03. The minimum Gasteiger partial charge on any atom is -0.484 e. The van der Waals surface area contributed by atoms with Gasteiger partial charge in [0.15, 0.2) is 6.61 Å².